The van der Waals surface area contributed by atoms with Gasteiger partial charge < -0.3 is 19.5 Å². The third kappa shape index (κ3) is 2.98. The maximum absolute atomic E-state index is 6.48. The van der Waals surface area contributed by atoms with E-state index in [1.165, 1.54) is 12.8 Å². The fourth-order valence-corrected chi connectivity index (χ4v) is 2.74. The first kappa shape index (κ1) is 14.2. The molecule has 2 heterocycles. The summed E-state index contributed by atoms with van der Waals surface area (Å²) in [6.45, 7) is 0.356. The average molecular weight is 292 g/mol. The molecule has 0 spiro atoms. The minimum Gasteiger partial charge on any atom is -0.377 e. The van der Waals surface area contributed by atoms with Crippen molar-refractivity contribution < 1.29 is 13.8 Å². The molecular weight excluding hydrogens is 272 g/mol. The van der Waals surface area contributed by atoms with Crippen LogP contribution in [-0.2, 0) is 16.9 Å². The fraction of sp³-hybridized carbons (Fsp3) is 0.643. The van der Waals surface area contributed by atoms with Crippen molar-refractivity contribution in [1.82, 2.24) is 15.3 Å². The van der Waals surface area contributed by atoms with Crippen molar-refractivity contribution in [3.63, 3.8) is 0 Å². The molecule has 0 aromatic carbocycles. The topological polar surface area (TPSA) is 100 Å². The summed E-state index contributed by atoms with van der Waals surface area (Å²) >= 11 is 0. The van der Waals surface area contributed by atoms with Crippen molar-refractivity contribution >= 4 is 0 Å². The number of nitrogens with zero attached hydrogens (tertiary/aromatic N) is 3. The third-order valence-corrected chi connectivity index (χ3v) is 3.93. The van der Waals surface area contributed by atoms with Gasteiger partial charge in [-0.15, -0.1) is 0 Å². The normalized spacial score (nSPS) is 18.6. The lowest BCUT2D eigenvalue weighted by Crippen LogP contribution is -2.37. The van der Waals surface area contributed by atoms with Gasteiger partial charge in [0.25, 0.3) is 5.89 Å². The molecule has 0 unspecified atom stereocenters. The Morgan fingerprint density at radius 3 is 2.67 bits per heavy atom. The van der Waals surface area contributed by atoms with Crippen LogP contribution in [-0.4, -0.2) is 22.4 Å². The lowest BCUT2D eigenvalue weighted by molar-refractivity contribution is 0.156. The molecule has 2 N–H and O–H groups in total. The standard InChI is InChI=1S/C14H20N4O3/c1-19-9-10-8-11(17-20-10)12-16-13(18-21-12)14(15)6-4-2-3-5-7-14/h8H,2-7,9,15H2,1H3. The van der Waals surface area contributed by atoms with Crippen LogP contribution in [0.2, 0.25) is 0 Å². The van der Waals surface area contributed by atoms with E-state index in [2.05, 4.69) is 15.3 Å². The van der Waals surface area contributed by atoms with Crippen molar-refractivity contribution in [3.8, 4) is 11.6 Å². The van der Waals surface area contributed by atoms with E-state index >= 15 is 0 Å². The van der Waals surface area contributed by atoms with Crippen LogP contribution < -0.4 is 5.73 Å². The lowest BCUT2D eigenvalue weighted by Gasteiger charge is -2.23. The van der Waals surface area contributed by atoms with Crippen molar-refractivity contribution in [2.24, 2.45) is 5.73 Å². The highest BCUT2D eigenvalue weighted by Crippen LogP contribution is 2.33. The van der Waals surface area contributed by atoms with Crippen LogP contribution in [0.3, 0.4) is 0 Å². The van der Waals surface area contributed by atoms with E-state index in [1.807, 2.05) is 0 Å². The van der Waals surface area contributed by atoms with Gasteiger partial charge in [0.2, 0.25) is 0 Å². The molecule has 21 heavy (non-hydrogen) atoms. The molecule has 2 aromatic rings. The summed E-state index contributed by atoms with van der Waals surface area (Å²) in [5, 5.41) is 7.97. The van der Waals surface area contributed by atoms with Crippen molar-refractivity contribution in [1.29, 1.82) is 0 Å². The van der Waals surface area contributed by atoms with Crippen LogP contribution >= 0.6 is 0 Å². The van der Waals surface area contributed by atoms with E-state index in [9.17, 15) is 0 Å². The van der Waals surface area contributed by atoms with Gasteiger partial charge in [-0.2, -0.15) is 4.98 Å². The van der Waals surface area contributed by atoms with Gasteiger partial charge in [-0.25, -0.2) is 0 Å². The minimum atomic E-state index is -0.489. The van der Waals surface area contributed by atoms with Crippen molar-refractivity contribution in [2.45, 2.75) is 50.7 Å². The predicted molar refractivity (Wildman–Crippen MR) is 74.1 cm³/mol. The lowest BCUT2D eigenvalue weighted by atomic mass is 9.91. The first-order valence-electron chi connectivity index (χ1n) is 7.29. The monoisotopic (exact) mass is 292 g/mol. The SMILES string of the molecule is COCc1cc(-c2nc(C3(N)CCCCCC3)no2)no1. The minimum absolute atomic E-state index is 0.338. The molecule has 1 aliphatic rings. The maximum atomic E-state index is 6.48. The van der Waals surface area contributed by atoms with Gasteiger partial charge >= 0.3 is 0 Å². The zero-order chi connectivity index (χ0) is 14.7. The number of methoxy groups -OCH3 is 1. The van der Waals surface area contributed by atoms with Gasteiger partial charge in [0, 0.05) is 13.2 Å². The molecule has 2 aromatic heterocycles. The predicted octanol–water partition coefficient (Wildman–Crippen LogP) is 2.38. The van der Waals surface area contributed by atoms with Crippen molar-refractivity contribution in [3.05, 3.63) is 17.7 Å². The molecule has 1 saturated carbocycles. The zero-order valence-electron chi connectivity index (χ0n) is 12.2. The number of hydrogen-bond acceptors (Lipinski definition) is 7. The van der Waals surface area contributed by atoms with E-state index in [-0.39, 0.29) is 0 Å². The molecule has 0 amide bonds. The molecule has 7 nitrogen and oxygen atoms in total. The van der Waals surface area contributed by atoms with E-state index in [4.69, 9.17) is 19.5 Å². The summed E-state index contributed by atoms with van der Waals surface area (Å²) < 4.78 is 15.4. The highest BCUT2D eigenvalue weighted by molar-refractivity contribution is 5.45. The number of ether oxygens (including phenoxy) is 1. The van der Waals surface area contributed by atoms with E-state index in [0.717, 1.165) is 25.7 Å². The third-order valence-electron chi connectivity index (χ3n) is 3.93. The Hall–Kier alpha value is -1.73. The summed E-state index contributed by atoms with van der Waals surface area (Å²) in [7, 11) is 1.59. The molecular formula is C14H20N4O3. The Morgan fingerprint density at radius 2 is 1.95 bits per heavy atom. The first-order valence-corrected chi connectivity index (χ1v) is 7.29. The van der Waals surface area contributed by atoms with Crippen LogP contribution in [0.1, 0.15) is 50.1 Å². The van der Waals surface area contributed by atoms with Crippen LogP contribution in [0.5, 0.6) is 0 Å². The summed E-state index contributed by atoms with van der Waals surface area (Å²) in [6.07, 6.45) is 6.41. The summed E-state index contributed by atoms with van der Waals surface area (Å²) in [6, 6.07) is 1.73. The van der Waals surface area contributed by atoms with Crippen LogP contribution in [0.4, 0.5) is 0 Å². The van der Waals surface area contributed by atoms with E-state index < -0.39 is 5.54 Å². The first-order chi connectivity index (χ1) is 10.2. The van der Waals surface area contributed by atoms with Gasteiger partial charge in [0.15, 0.2) is 17.3 Å². The molecule has 1 aliphatic carbocycles. The number of aromatic nitrogens is 3. The molecule has 114 valence electrons. The molecule has 0 radical (unpaired) electrons. The van der Waals surface area contributed by atoms with Crippen molar-refractivity contribution in [2.75, 3.05) is 7.11 Å². The van der Waals surface area contributed by atoms with Gasteiger partial charge in [-0.3, -0.25) is 0 Å². The van der Waals surface area contributed by atoms with Gasteiger partial charge in [-0.1, -0.05) is 36.0 Å². The number of hydrogen-bond donors (Lipinski definition) is 1. The van der Waals surface area contributed by atoms with Crippen LogP contribution in [0, 0.1) is 0 Å². The van der Waals surface area contributed by atoms with Gasteiger partial charge in [0.05, 0.1) is 5.54 Å². The fourth-order valence-electron chi connectivity index (χ4n) is 2.74. The van der Waals surface area contributed by atoms with Crippen LogP contribution in [0.25, 0.3) is 11.6 Å². The molecule has 0 saturated heterocycles. The molecule has 0 aliphatic heterocycles. The summed E-state index contributed by atoms with van der Waals surface area (Å²) in [5.41, 5.74) is 6.50. The molecule has 0 atom stereocenters. The Balaban J connectivity index is 1.81. The van der Waals surface area contributed by atoms with Crippen LogP contribution in [0.15, 0.2) is 15.1 Å². The maximum Gasteiger partial charge on any atom is 0.280 e. The molecule has 3 rings (SSSR count). The second-order valence-corrected chi connectivity index (χ2v) is 5.60. The van der Waals surface area contributed by atoms with Gasteiger partial charge in [-0.05, 0) is 12.8 Å². The largest absolute Gasteiger partial charge is 0.377 e. The number of rotatable bonds is 4. The number of nitrogens with two attached hydrogens (primary N) is 1. The highest BCUT2D eigenvalue weighted by atomic mass is 16.5. The smallest absolute Gasteiger partial charge is 0.280 e. The highest BCUT2D eigenvalue weighted by Gasteiger charge is 2.33. The zero-order valence-corrected chi connectivity index (χ0v) is 12.2. The molecule has 0 bridgehead atoms. The Morgan fingerprint density at radius 1 is 1.19 bits per heavy atom. The summed E-state index contributed by atoms with van der Waals surface area (Å²) in [5.74, 6) is 1.52. The van der Waals surface area contributed by atoms with Gasteiger partial charge in [0.1, 0.15) is 6.61 Å². The quantitative estimate of drug-likeness (QED) is 0.863. The Bertz CT molecular complexity index is 585. The second kappa shape index (κ2) is 5.95. The summed E-state index contributed by atoms with van der Waals surface area (Å²) in [4.78, 5) is 4.42. The average Bonchev–Trinajstić information content (AvgIpc) is 3.08. The molecule has 1 fully saturated rings. The second-order valence-electron chi connectivity index (χ2n) is 5.60. The van der Waals surface area contributed by atoms with E-state index in [1.54, 1.807) is 13.2 Å². The molecule has 7 heteroatoms. The Kier molecular flexibility index (Phi) is 4.03. The van der Waals surface area contributed by atoms with E-state index in [0.29, 0.717) is 29.8 Å². The Labute approximate surface area is 122 Å².